The lowest BCUT2D eigenvalue weighted by atomic mass is 10.0. The first-order valence-corrected chi connectivity index (χ1v) is 6.67. The normalized spacial score (nSPS) is 36.9. The number of rotatable bonds is 3. The van der Waals surface area contributed by atoms with Crippen LogP contribution in [0, 0.1) is 11.3 Å². The molecule has 2 aliphatic rings. The topological polar surface area (TPSA) is 54.7 Å². The molecule has 0 aliphatic carbocycles. The van der Waals surface area contributed by atoms with Gasteiger partial charge in [-0.2, -0.15) is 5.26 Å². The monoisotopic (exact) mass is 266 g/mol. The Morgan fingerprint density at radius 2 is 1.95 bits per heavy atom. The zero-order valence-corrected chi connectivity index (χ0v) is 12.2. The molecule has 19 heavy (non-hydrogen) atoms. The van der Waals surface area contributed by atoms with Gasteiger partial charge in [0.05, 0.1) is 17.7 Å². The molecule has 0 saturated carbocycles. The molecule has 0 aromatic rings. The molecule has 4 atom stereocenters. The minimum atomic E-state index is -0.608. The van der Waals surface area contributed by atoms with Crippen LogP contribution in [0.5, 0.6) is 0 Å². The Hall–Kier alpha value is -1.09. The molecule has 2 saturated heterocycles. The highest BCUT2D eigenvalue weighted by Gasteiger charge is 2.55. The lowest BCUT2D eigenvalue weighted by molar-refractivity contribution is -0.182. The van der Waals surface area contributed by atoms with Crippen molar-refractivity contribution in [3.05, 3.63) is 11.8 Å². The van der Waals surface area contributed by atoms with Crippen molar-refractivity contribution in [2.24, 2.45) is 0 Å². The average molecular weight is 266 g/mol. The molecule has 0 bridgehead atoms. The third kappa shape index (κ3) is 2.76. The number of fused-ring (bicyclic) bond motifs is 1. The maximum absolute atomic E-state index is 9.32. The smallest absolute Gasteiger partial charge is 0.164 e. The summed E-state index contributed by atoms with van der Waals surface area (Å²) in [6.45, 7) is 5.86. The highest BCUT2D eigenvalue weighted by molar-refractivity contribution is 5.29. The quantitative estimate of drug-likeness (QED) is 0.727. The first-order valence-electron chi connectivity index (χ1n) is 6.67. The minimum Gasteiger partial charge on any atom is -0.383 e. The Morgan fingerprint density at radius 1 is 1.32 bits per heavy atom. The van der Waals surface area contributed by atoms with Crippen LogP contribution in [0.15, 0.2) is 11.8 Å². The van der Waals surface area contributed by atoms with E-state index in [1.807, 2.05) is 32.8 Å². The summed E-state index contributed by atoms with van der Waals surface area (Å²) in [6.07, 6.45) is 1.97. The van der Waals surface area contributed by atoms with E-state index in [4.69, 9.17) is 14.2 Å². The molecular weight excluding hydrogens is 244 g/mol. The predicted molar refractivity (Wildman–Crippen MR) is 70.2 cm³/mol. The van der Waals surface area contributed by atoms with Crippen molar-refractivity contribution in [1.82, 2.24) is 4.90 Å². The number of nitrogens with zero attached hydrogens (tertiary/aromatic N) is 2. The SMILES string of the molecule is CC[C@H]1OC(C(C#N)=CN(C)C)[C@@H]2OC(C)(C)O[C@H]12. The van der Waals surface area contributed by atoms with Crippen molar-refractivity contribution in [2.45, 2.75) is 57.4 Å². The lowest BCUT2D eigenvalue weighted by Crippen LogP contribution is -2.31. The summed E-state index contributed by atoms with van der Waals surface area (Å²) in [5.41, 5.74) is 0.581. The average Bonchev–Trinajstić information content (AvgIpc) is 2.79. The fraction of sp³-hybridized carbons (Fsp3) is 0.786. The first-order chi connectivity index (χ1) is 8.88. The second kappa shape index (κ2) is 5.12. The molecule has 2 fully saturated rings. The molecule has 2 heterocycles. The third-order valence-corrected chi connectivity index (χ3v) is 3.39. The van der Waals surface area contributed by atoms with Gasteiger partial charge in [0.1, 0.15) is 18.3 Å². The van der Waals surface area contributed by atoms with Crippen LogP contribution in [0.2, 0.25) is 0 Å². The summed E-state index contributed by atoms with van der Waals surface area (Å²) in [6, 6.07) is 2.22. The van der Waals surface area contributed by atoms with E-state index in [0.29, 0.717) is 5.57 Å². The molecule has 5 nitrogen and oxygen atoms in total. The largest absolute Gasteiger partial charge is 0.383 e. The van der Waals surface area contributed by atoms with E-state index in [-0.39, 0.29) is 24.4 Å². The van der Waals surface area contributed by atoms with E-state index in [9.17, 15) is 5.26 Å². The predicted octanol–water partition coefficient (Wildman–Crippen LogP) is 1.65. The molecule has 0 radical (unpaired) electrons. The molecule has 0 N–H and O–H groups in total. The van der Waals surface area contributed by atoms with Crippen molar-refractivity contribution < 1.29 is 14.2 Å². The van der Waals surface area contributed by atoms with Crippen LogP contribution in [0.4, 0.5) is 0 Å². The van der Waals surface area contributed by atoms with Crippen LogP contribution in [-0.2, 0) is 14.2 Å². The maximum Gasteiger partial charge on any atom is 0.164 e. The zero-order chi connectivity index (χ0) is 14.2. The molecular formula is C14H22N2O3. The number of ether oxygens (including phenoxy) is 3. The molecule has 0 aromatic heterocycles. The van der Waals surface area contributed by atoms with Crippen molar-refractivity contribution in [1.29, 1.82) is 5.26 Å². The molecule has 106 valence electrons. The van der Waals surface area contributed by atoms with E-state index in [1.165, 1.54) is 0 Å². The summed E-state index contributed by atoms with van der Waals surface area (Å²) in [5.74, 6) is -0.608. The van der Waals surface area contributed by atoms with E-state index in [1.54, 1.807) is 6.20 Å². The fourth-order valence-electron chi connectivity index (χ4n) is 2.70. The summed E-state index contributed by atoms with van der Waals surface area (Å²) < 4.78 is 17.8. The van der Waals surface area contributed by atoms with Gasteiger partial charge in [-0.1, -0.05) is 6.92 Å². The first kappa shape index (κ1) is 14.3. The highest BCUT2D eigenvalue weighted by atomic mass is 16.8. The minimum absolute atomic E-state index is 0.0179. The van der Waals surface area contributed by atoms with Gasteiger partial charge in [0.15, 0.2) is 5.79 Å². The maximum atomic E-state index is 9.32. The van der Waals surface area contributed by atoms with E-state index in [2.05, 4.69) is 13.0 Å². The molecule has 2 aliphatic heterocycles. The van der Waals surface area contributed by atoms with Crippen molar-refractivity contribution >= 4 is 0 Å². The Morgan fingerprint density at radius 3 is 2.47 bits per heavy atom. The Balaban J connectivity index is 2.25. The van der Waals surface area contributed by atoms with Gasteiger partial charge in [-0.05, 0) is 20.3 Å². The van der Waals surface area contributed by atoms with Gasteiger partial charge in [-0.15, -0.1) is 0 Å². The lowest BCUT2D eigenvalue weighted by Gasteiger charge is -2.23. The number of hydrogen-bond donors (Lipinski definition) is 0. The highest BCUT2D eigenvalue weighted by Crippen LogP contribution is 2.41. The van der Waals surface area contributed by atoms with Gasteiger partial charge in [-0.25, -0.2) is 0 Å². The summed E-state index contributed by atoms with van der Waals surface area (Å²) in [5, 5.41) is 9.32. The van der Waals surface area contributed by atoms with Gasteiger partial charge in [0.2, 0.25) is 0 Å². The third-order valence-electron chi connectivity index (χ3n) is 3.39. The van der Waals surface area contributed by atoms with Crippen LogP contribution in [0.25, 0.3) is 0 Å². The molecule has 0 aromatic carbocycles. The molecule has 5 heteroatoms. The molecule has 0 spiro atoms. The zero-order valence-electron chi connectivity index (χ0n) is 12.2. The summed E-state index contributed by atoms with van der Waals surface area (Å²) in [7, 11) is 3.77. The van der Waals surface area contributed by atoms with E-state index in [0.717, 1.165) is 6.42 Å². The van der Waals surface area contributed by atoms with Crippen LogP contribution < -0.4 is 0 Å². The second-order valence-corrected chi connectivity index (χ2v) is 5.73. The van der Waals surface area contributed by atoms with E-state index < -0.39 is 5.79 Å². The van der Waals surface area contributed by atoms with Crippen LogP contribution in [-0.4, -0.2) is 49.2 Å². The molecule has 1 unspecified atom stereocenters. The van der Waals surface area contributed by atoms with Gasteiger partial charge < -0.3 is 19.1 Å². The Bertz CT molecular complexity index is 411. The standard InChI is InChI=1S/C14H22N2O3/c1-6-10-12-13(19-14(2,3)18-12)11(17-10)9(7-15)8-16(4)5/h8,10-13H,6H2,1-5H3/t10-,11?,12-,13+/m1/s1. The second-order valence-electron chi connectivity index (χ2n) is 5.73. The van der Waals surface area contributed by atoms with Gasteiger partial charge in [0, 0.05) is 20.3 Å². The van der Waals surface area contributed by atoms with Gasteiger partial charge in [-0.3, -0.25) is 0 Å². The van der Waals surface area contributed by atoms with Gasteiger partial charge in [0.25, 0.3) is 0 Å². The molecule has 2 rings (SSSR count). The summed E-state index contributed by atoms with van der Waals surface area (Å²) in [4.78, 5) is 1.84. The fourth-order valence-corrected chi connectivity index (χ4v) is 2.70. The van der Waals surface area contributed by atoms with E-state index >= 15 is 0 Å². The van der Waals surface area contributed by atoms with Crippen LogP contribution >= 0.6 is 0 Å². The molecule has 0 amide bonds. The van der Waals surface area contributed by atoms with Crippen LogP contribution in [0.3, 0.4) is 0 Å². The number of hydrogen-bond acceptors (Lipinski definition) is 5. The van der Waals surface area contributed by atoms with Crippen molar-refractivity contribution in [3.63, 3.8) is 0 Å². The van der Waals surface area contributed by atoms with Gasteiger partial charge >= 0.3 is 0 Å². The van der Waals surface area contributed by atoms with Crippen LogP contribution in [0.1, 0.15) is 27.2 Å². The Labute approximate surface area is 114 Å². The van der Waals surface area contributed by atoms with Crippen molar-refractivity contribution in [2.75, 3.05) is 14.1 Å². The Kier molecular flexibility index (Phi) is 3.86. The summed E-state index contributed by atoms with van der Waals surface area (Å²) >= 11 is 0. The van der Waals surface area contributed by atoms with Crippen molar-refractivity contribution in [3.8, 4) is 6.07 Å². The number of nitriles is 1.